The number of carbonyl (C=O) groups is 1. The van der Waals surface area contributed by atoms with Gasteiger partial charge in [0.25, 0.3) is 0 Å². The molecule has 4 N–H and O–H groups in total. The Morgan fingerprint density at radius 2 is 2.26 bits per heavy atom. The van der Waals surface area contributed by atoms with Gasteiger partial charge >= 0.3 is 0 Å². The maximum atomic E-state index is 13.1. The van der Waals surface area contributed by atoms with Crippen LogP contribution in [0.4, 0.5) is 4.39 Å². The third kappa shape index (κ3) is 3.94. The topological polar surface area (TPSA) is 87.7 Å². The van der Waals surface area contributed by atoms with Crippen LogP contribution < -0.4 is 11.1 Å². The fourth-order valence-corrected chi connectivity index (χ4v) is 1.77. The Hall–Kier alpha value is -2.11. The van der Waals surface area contributed by atoms with Crippen LogP contribution in [0.3, 0.4) is 0 Å². The second-order valence-corrected chi connectivity index (χ2v) is 4.27. The number of amidine groups is 1. The van der Waals surface area contributed by atoms with E-state index in [0.717, 1.165) is 0 Å². The highest BCUT2D eigenvalue weighted by molar-refractivity contribution is 6.02. The van der Waals surface area contributed by atoms with Gasteiger partial charge < -0.3 is 16.3 Å². The van der Waals surface area contributed by atoms with E-state index in [1.807, 2.05) is 0 Å². The second-order valence-electron chi connectivity index (χ2n) is 4.27. The maximum Gasteiger partial charge on any atom is 0.231 e. The lowest BCUT2D eigenvalue weighted by molar-refractivity contribution is -0.123. The van der Waals surface area contributed by atoms with Gasteiger partial charge in [-0.05, 0) is 31.0 Å². The SMILES string of the molecule is CCC(C(=O)NC(C)c1cccc(F)c1)C(N)=NO. The number of oxime groups is 1. The van der Waals surface area contributed by atoms with Gasteiger partial charge in [-0.1, -0.05) is 24.2 Å². The van der Waals surface area contributed by atoms with Crippen molar-refractivity contribution in [1.82, 2.24) is 5.32 Å². The van der Waals surface area contributed by atoms with Gasteiger partial charge in [0, 0.05) is 0 Å². The summed E-state index contributed by atoms with van der Waals surface area (Å²) in [5, 5.41) is 14.2. The minimum atomic E-state index is -0.694. The highest BCUT2D eigenvalue weighted by Crippen LogP contribution is 2.15. The van der Waals surface area contributed by atoms with E-state index in [9.17, 15) is 9.18 Å². The summed E-state index contributed by atoms with van der Waals surface area (Å²) in [5.41, 5.74) is 6.10. The van der Waals surface area contributed by atoms with Gasteiger partial charge in [0.05, 0.1) is 12.0 Å². The van der Waals surface area contributed by atoms with Crippen LogP contribution >= 0.6 is 0 Å². The summed E-state index contributed by atoms with van der Waals surface area (Å²) in [5.74, 6) is -1.54. The van der Waals surface area contributed by atoms with E-state index in [-0.39, 0.29) is 23.6 Å². The molecular weight excluding hydrogens is 249 g/mol. The molecule has 0 radical (unpaired) electrons. The fraction of sp³-hybridized carbons (Fsp3) is 0.385. The van der Waals surface area contributed by atoms with Crippen molar-refractivity contribution in [3.05, 3.63) is 35.6 Å². The molecule has 1 rings (SSSR count). The van der Waals surface area contributed by atoms with Gasteiger partial charge in [-0.2, -0.15) is 0 Å². The average molecular weight is 267 g/mol. The van der Waals surface area contributed by atoms with Gasteiger partial charge in [0.15, 0.2) is 5.84 Å². The smallest absolute Gasteiger partial charge is 0.231 e. The van der Waals surface area contributed by atoms with Gasteiger partial charge in [-0.3, -0.25) is 4.79 Å². The molecule has 104 valence electrons. The Kier molecular flexibility index (Phi) is 5.29. The van der Waals surface area contributed by atoms with Gasteiger partial charge in [0.2, 0.25) is 5.91 Å². The molecule has 0 aliphatic heterocycles. The molecule has 2 atom stereocenters. The first-order valence-corrected chi connectivity index (χ1v) is 6.02. The van der Waals surface area contributed by atoms with E-state index in [2.05, 4.69) is 10.5 Å². The zero-order chi connectivity index (χ0) is 14.4. The standard InChI is InChI=1S/C13H18FN3O2/c1-3-11(12(15)17-19)13(18)16-8(2)9-5-4-6-10(14)7-9/h4-8,11,19H,3H2,1-2H3,(H2,15,17)(H,16,18). The van der Waals surface area contributed by atoms with Crippen LogP contribution in [0, 0.1) is 11.7 Å². The van der Waals surface area contributed by atoms with Crippen molar-refractivity contribution < 1.29 is 14.4 Å². The molecular formula is C13H18FN3O2. The molecule has 0 saturated heterocycles. The van der Waals surface area contributed by atoms with Crippen molar-refractivity contribution >= 4 is 11.7 Å². The number of rotatable bonds is 5. The van der Waals surface area contributed by atoms with Crippen LogP contribution in [-0.2, 0) is 4.79 Å². The summed E-state index contributed by atoms with van der Waals surface area (Å²) < 4.78 is 13.1. The predicted molar refractivity (Wildman–Crippen MR) is 70.1 cm³/mol. The largest absolute Gasteiger partial charge is 0.409 e. The van der Waals surface area contributed by atoms with Crippen LogP contribution in [-0.4, -0.2) is 17.0 Å². The van der Waals surface area contributed by atoms with Crippen LogP contribution in [0.1, 0.15) is 31.9 Å². The fourth-order valence-electron chi connectivity index (χ4n) is 1.77. The summed E-state index contributed by atoms with van der Waals surface area (Å²) in [6.07, 6.45) is 0.414. The quantitative estimate of drug-likeness (QED) is 0.329. The molecule has 0 spiro atoms. The van der Waals surface area contributed by atoms with Crippen LogP contribution in [0.2, 0.25) is 0 Å². The summed E-state index contributed by atoms with van der Waals surface area (Å²) in [4.78, 5) is 12.0. The van der Waals surface area contributed by atoms with Crippen molar-refractivity contribution in [3.8, 4) is 0 Å². The number of amides is 1. The van der Waals surface area contributed by atoms with Crippen LogP contribution in [0.5, 0.6) is 0 Å². The van der Waals surface area contributed by atoms with E-state index in [1.54, 1.807) is 26.0 Å². The maximum absolute atomic E-state index is 13.1. The Bertz CT molecular complexity index is 477. The molecule has 5 nitrogen and oxygen atoms in total. The molecule has 1 aromatic rings. The number of hydrogen-bond donors (Lipinski definition) is 3. The van der Waals surface area contributed by atoms with Crippen molar-refractivity contribution in [2.24, 2.45) is 16.8 Å². The number of nitrogens with two attached hydrogens (primary N) is 1. The first-order chi connectivity index (χ1) is 8.99. The lowest BCUT2D eigenvalue weighted by atomic mass is 10.0. The van der Waals surface area contributed by atoms with E-state index < -0.39 is 5.92 Å². The van der Waals surface area contributed by atoms with Crippen LogP contribution in [0.25, 0.3) is 0 Å². The molecule has 0 aliphatic carbocycles. The number of benzene rings is 1. The molecule has 0 fully saturated rings. The molecule has 19 heavy (non-hydrogen) atoms. The van der Waals surface area contributed by atoms with Gasteiger partial charge in [-0.25, -0.2) is 4.39 Å². The minimum Gasteiger partial charge on any atom is -0.409 e. The zero-order valence-electron chi connectivity index (χ0n) is 10.9. The van der Waals surface area contributed by atoms with Crippen LogP contribution in [0.15, 0.2) is 29.4 Å². The molecule has 6 heteroatoms. The molecule has 0 aliphatic rings. The highest BCUT2D eigenvalue weighted by Gasteiger charge is 2.22. The number of nitrogens with zero attached hydrogens (tertiary/aromatic N) is 1. The Labute approximate surface area is 111 Å². The third-order valence-electron chi connectivity index (χ3n) is 2.90. The van der Waals surface area contributed by atoms with Gasteiger partial charge in [0.1, 0.15) is 5.82 Å². The molecule has 0 heterocycles. The summed E-state index contributed by atoms with van der Waals surface area (Å²) >= 11 is 0. The zero-order valence-corrected chi connectivity index (χ0v) is 10.9. The first-order valence-electron chi connectivity index (χ1n) is 6.02. The third-order valence-corrected chi connectivity index (χ3v) is 2.90. The normalized spacial score (nSPS) is 14.8. The lowest BCUT2D eigenvalue weighted by Gasteiger charge is -2.18. The summed E-state index contributed by atoms with van der Waals surface area (Å²) in [6, 6.07) is 5.63. The van der Waals surface area contributed by atoms with Crippen molar-refractivity contribution in [2.45, 2.75) is 26.3 Å². The Balaban J connectivity index is 2.76. The van der Waals surface area contributed by atoms with Gasteiger partial charge in [-0.15, -0.1) is 0 Å². The first kappa shape index (κ1) is 14.9. The Morgan fingerprint density at radius 3 is 2.79 bits per heavy atom. The molecule has 0 bridgehead atoms. The number of nitrogens with one attached hydrogen (secondary N) is 1. The molecule has 1 aromatic carbocycles. The second kappa shape index (κ2) is 6.72. The lowest BCUT2D eigenvalue weighted by Crippen LogP contribution is -2.39. The molecule has 2 unspecified atom stereocenters. The minimum absolute atomic E-state index is 0.133. The number of carbonyl (C=O) groups excluding carboxylic acids is 1. The summed E-state index contributed by atoms with van der Waals surface area (Å²) in [6.45, 7) is 3.50. The van der Waals surface area contributed by atoms with E-state index >= 15 is 0 Å². The molecule has 0 saturated carbocycles. The van der Waals surface area contributed by atoms with Crippen molar-refractivity contribution in [3.63, 3.8) is 0 Å². The highest BCUT2D eigenvalue weighted by atomic mass is 19.1. The summed E-state index contributed by atoms with van der Waals surface area (Å²) in [7, 11) is 0. The monoisotopic (exact) mass is 267 g/mol. The number of hydrogen-bond acceptors (Lipinski definition) is 3. The van der Waals surface area contributed by atoms with E-state index in [1.165, 1.54) is 12.1 Å². The Morgan fingerprint density at radius 1 is 1.58 bits per heavy atom. The van der Waals surface area contributed by atoms with Crippen molar-refractivity contribution in [2.75, 3.05) is 0 Å². The van der Waals surface area contributed by atoms with E-state index in [4.69, 9.17) is 10.9 Å². The molecule has 0 aromatic heterocycles. The predicted octanol–water partition coefficient (Wildman–Crippen LogP) is 1.78. The molecule has 1 amide bonds. The number of halogens is 1. The van der Waals surface area contributed by atoms with E-state index in [0.29, 0.717) is 12.0 Å². The average Bonchev–Trinajstić information content (AvgIpc) is 2.39. The van der Waals surface area contributed by atoms with Crippen molar-refractivity contribution in [1.29, 1.82) is 0 Å².